The minimum atomic E-state index is -1.33. The summed E-state index contributed by atoms with van der Waals surface area (Å²) in [6, 6.07) is 14.5. The molecule has 2 heterocycles. The molecule has 4 nitrogen and oxygen atoms in total. The van der Waals surface area contributed by atoms with Gasteiger partial charge in [-0.15, -0.1) is 0 Å². The summed E-state index contributed by atoms with van der Waals surface area (Å²) in [5.41, 5.74) is 0.0293. The fourth-order valence-corrected chi connectivity index (χ4v) is 3.91. The van der Waals surface area contributed by atoms with Crippen LogP contribution in [0.3, 0.4) is 0 Å². The number of nitrogens with two attached hydrogens (primary N) is 1. The number of carbonyl (C=O) groups excluding carboxylic acids is 1. The maximum Gasteiger partial charge on any atom is 0.350 e. The fraction of sp³-hybridized carbons (Fsp3) is 0.316. The van der Waals surface area contributed by atoms with Crippen molar-refractivity contribution < 1.29 is 19.6 Å². The third kappa shape index (κ3) is 2.74. The van der Waals surface area contributed by atoms with Crippen molar-refractivity contribution >= 4 is 29.2 Å². The molecule has 2 aliphatic heterocycles. The van der Waals surface area contributed by atoms with Crippen LogP contribution < -0.4 is 5.32 Å². The van der Waals surface area contributed by atoms with Crippen LogP contribution in [0.5, 0.6) is 0 Å². The van der Waals surface area contributed by atoms with E-state index in [1.807, 2.05) is 30.3 Å². The SMILES string of the molecule is O=C1OC2(CC[NH2+]CC2)OC1(c1ccccc1)c1ccc(Cl)c(Cl)c1. The van der Waals surface area contributed by atoms with Crippen LogP contribution in [0.2, 0.25) is 10.0 Å². The van der Waals surface area contributed by atoms with E-state index in [1.165, 1.54) is 0 Å². The molecule has 0 bridgehead atoms. The first kappa shape index (κ1) is 16.9. The lowest BCUT2D eigenvalue weighted by Gasteiger charge is -2.32. The number of carbonyl (C=O) groups is 1. The van der Waals surface area contributed by atoms with E-state index in [0.29, 0.717) is 28.5 Å². The van der Waals surface area contributed by atoms with E-state index < -0.39 is 17.4 Å². The van der Waals surface area contributed by atoms with Gasteiger partial charge < -0.3 is 14.8 Å². The molecular formula is C19H18Cl2NO3+. The number of benzene rings is 2. The van der Waals surface area contributed by atoms with E-state index in [2.05, 4.69) is 5.32 Å². The number of hydrogen-bond acceptors (Lipinski definition) is 3. The van der Waals surface area contributed by atoms with Gasteiger partial charge in [-0.1, -0.05) is 59.6 Å². The monoisotopic (exact) mass is 378 g/mol. The van der Waals surface area contributed by atoms with Crippen LogP contribution >= 0.6 is 23.2 Å². The van der Waals surface area contributed by atoms with Crippen molar-refractivity contribution in [3.05, 3.63) is 69.7 Å². The molecule has 2 aliphatic rings. The van der Waals surface area contributed by atoms with Gasteiger partial charge in [0.2, 0.25) is 11.4 Å². The number of hydrogen-bond donors (Lipinski definition) is 1. The van der Waals surface area contributed by atoms with Crippen LogP contribution in [-0.4, -0.2) is 24.8 Å². The lowest BCUT2D eigenvalue weighted by Crippen LogP contribution is -2.88. The van der Waals surface area contributed by atoms with E-state index in [0.717, 1.165) is 18.7 Å². The van der Waals surface area contributed by atoms with Crippen LogP contribution in [0.15, 0.2) is 48.5 Å². The van der Waals surface area contributed by atoms with Crippen LogP contribution in [0.4, 0.5) is 0 Å². The average Bonchev–Trinajstić information content (AvgIpc) is 2.91. The van der Waals surface area contributed by atoms with Gasteiger partial charge in [0.1, 0.15) is 0 Å². The van der Waals surface area contributed by atoms with Gasteiger partial charge in [0.15, 0.2) is 0 Å². The van der Waals surface area contributed by atoms with Crippen LogP contribution in [0.25, 0.3) is 0 Å². The minimum Gasteiger partial charge on any atom is -0.430 e. The molecular weight excluding hydrogens is 361 g/mol. The maximum absolute atomic E-state index is 13.1. The predicted octanol–water partition coefficient (Wildman–Crippen LogP) is 2.86. The Morgan fingerprint density at radius 2 is 1.64 bits per heavy atom. The highest BCUT2D eigenvalue weighted by Gasteiger charge is 2.60. The van der Waals surface area contributed by atoms with Gasteiger partial charge in [-0.25, -0.2) is 4.79 Å². The van der Waals surface area contributed by atoms with Crippen molar-refractivity contribution in [2.75, 3.05) is 13.1 Å². The number of rotatable bonds is 2. The zero-order chi connectivity index (χ0) is 17.5. The molecule has 1 atom stereocenters. The third-order valence-corrected chi connectivity index (χ3v) is 5.61. The van der Waals surface area contributed by atoms with Crippen molar-refractivity contribution in [1.29, 1.82) is 0 Å². The Hall–Kier alpha value is -1.59. The minimum absolute atomic E-state index is 0.379. The first-order valence-corrected chi connectivity index (χ1v) is 9.08. The second-order valence-electron chi connectivity index (χ2n) is 6.44. The molecule has 2 fully saturated rings. The van der Waals surface area contributed by atoms with Crippen molar-refractivity contribution in [3.8, 4) is 0 Å². The number of ether oxygens (including phenoxy) is 2. The summed E-state index contributed by atoms with van der Waals surface area (Å²) >= 11 is 12.3. The lowest BCUT2D eigenvalue weighted by molar-refractivity contribution is -0.672. The largest absolute Gasteiger partial charge is 0.430 e. The normalized spacial score (nSPS) is 25.1. The smallest absolute Gasteiger partial charge is 0.350 e. The van der Waals surface area contributed by atoms with E-state index in [-0.39, 0.29) is 0 Å². The Labute approximate surface area is 156 Å². The molecule has 2 aromatic rings. The standard InChI is InChI=1S/C19H17Cl2NO3/c20-15-7-6-14(12-16(15)21)19(13-4-2-1-3-5-13)17(23)24-18(25-19)8-10-22-11-9-18/h1-7,12,22H,8-11H2/p+1. The summed E-state index contributed by atoms with van der Waals surface area (Å²) in [5.74, 6) is -1.28. The highest BCUT2D eigenvalue weighted by molar-refractivity contribution is 6.42. The lowest BCUT2D eigenvalue weighted by atomic mass is 9.86. The number of quaternary nitrogens is 1. The van der Waals surface area contributed by atoms with Gasteiger partial charge in [-0.05, 0) is 17.7 Å². The molecule has 0 amide bonds. The predicted molar refractivity (Wildman–Crippen MR) is 94.5 cm³/mol. The molecule has 0 saturated carbocycles. The van der Waals surface area contributed by atoms with Crippen molar-refractivity contribution in [1.82, 2.24) is 0 Å². The van der Waals surface area contributed by atoms with Gasteiger partial charge in [0.05, 0.1) is 36.0 Å². The second kappa shape index (κ2) is 6.29. The summed E-state index contributed by atoms with van der Waals surface area (Å²) in [6.45, 7) is 1.72. The molecule has 130 valence electrons. The van der Waals surface area contributed by atoms with Crippen molar-refractivity contribution in [2.24, 2.45) is 0 Å². The van der Waals surface area contributed by atoms with E-state index in [4.69, 9.17) is 32.7 Å². The van der Waals surface area contributed by atoms with Crippen molar-refractivity contribution in [2.45, 2.75) is 24.2 Å². The zero-order valence-electron chi connectivity index (χ0n) is 13.5. The summed E-state index contributed by atoms with van der Waals surface area (Å²) < 4.78 is 12.3. The zero-order valence-corrected chi connectivity index (χ0v) is 15.0. The quantitative estimate of drug-likeness (QED) is 0.817. The molecule has 4 rings (SSSR count). The highest BCUT2D eigenvalue weighted by Crippen LogP contribution is 2.48. The van der Waals surface area contributed by atoms with E-state index in [9.17, 15) is 4.79 Å². The summed E-state index contributed by atoms with van der Waals surface area (Å²) in [4.78, 5) is 13.1. The Morgan fingerprint density at radius 3 is 2.32 bits per heavy atom. The summed E-state index contributed by atoms with van der Waals surface area (Å²) in [5, 5.41) is 3.01. The molecule has 2 N–H and O–H groups in total. The molecule has 2 aromatic carbocycles. The Morgan fingerprint density at radius 1 is 0.920 bits per heavy atom. The van der Waals surface area contributed by atoms with Gasteiger partial charge in [-0.3, -0.25) is 0 Å². The maximum atomic E-state index is 13.1. The Balaban J connectivity index is 1.88. The Bertz CT molecular complexity index is 806. The molecule has 1 unspecified atom stereocenters. The van der Waals surface area contributed by atoms with Crippen LogP contribution in [0, 0.1) is 0 Å². The van der Waals surface area contributed by atoms with Crippen LogP contribution in [-0.2, 0) is 19.9 Å². The molecule has 0 aliphatic carbocycles. The van der Waals surface area contributed by atoms with Gasteiger partial charge in [-0.2, -0.15) is 0 Å². The molecule has 25 heavy (non-hydrogen) atoms. The van der Waals surface area contributed by atoms with Crippen LogP contribution in [0.1, 0.15) is 24.0 Å². The molecule has 2 saturated heterocycles. The first-order chi connectivity index (χ1) is 12.1. The Kier molecular flexibility index (Phi) is 4.24. The summed E-state index contributed by atoms with van der Waals surface area (Å²) in [7, 11) is 0. The van der Waals surface area contributed by atoms with Gasteiger partial charge >= 0.3 is 5.97 Å². The molecule has 0 radical (unpaired) electrons. The second-order valence-corrected chi connectivity index (χ2v) is 7.26. The molecule has 0 aromatic heterocycles. The number of halogens is 2. The topological polar surface area (TPSA) is 52.1 Å². The third-order valence-electron chi connectivity index (χ3n) is 4.87. The first-order valence-electron chi connectivity index (χ1n) is 8.32. The average molecular weight is 379 g/mol. The van der Waals surface area contributed by atoms with Gasteiger partial charge in [0.25, 0.3) is 0 Å². The molecule has 1 spiro atoms. The van der Waals surface area contributed by atoms with Gasteiger partial charge in [0, 0.05) is 5.56 Å². The van der Waals surface area contributed by atoms with Crippen molar-refractivity contribution in [3.63, 3.8) is 0 Å². The number of piperidine rings is 1. The fourth-order valence-electron chi connectivity index (χ4n) is 3.61. The molecule has 6 heteroatoms. The highest BCUT2D eigenvalue weighted by atomic mass is 35.5. The summed E-state index contributed by atoms with van der Waals surface area (Å²) in [6.07, 6.45) is 1.32. The van der Waals surface area contributed by atoms with E-state index in [1.54, 1.807) is 18.2 Å². The number of esters is 1. The van der Waals surface area contributed by atoms with E-state index >= 15 is 0 Å².